The van der Waals surface area contributed by atoms with Crippen LogP contribution in [0.2, 0.25) is 5.02 Å². The van der Waals surface area contributed by atoms with Crippen LogP contribution in [0.5, 0.6) is 5.75 Å². The second-order valence-electron chi connectivity index (χ2n) is 10.5. The number of piperidine rings is 1. The standard InChI is InChI=1S/C26H30ClN7O6/c27-14-1-5-16(6-2-14)39-26(38)33-9-7-13(8-10-33)11-17-31-22(28)18-23(32-17)34(12-29-18)25-20(36)19(35)21(40-25)24(37)30-15-3-4-15/h1-2,5-6,12-13,15,19-21,25,35-36H,3-4,7-11H2,(H,30,37)(H2,28,31,32)/t19?,20?,21-,25+/m0/s1. The molecule has 5 N–H and O–H groups in total. The number of ether oxygens (including phenoxy) is 2. The Hall–Kier alpha value is -3.52. The van der Waals surface area contributed by atoms with E-state index in [0.29, 0.717) is 47.3 Å². The zero-order valence-corrected chi connectivity index (χ0v) is 22.3. The third-order valence-electron chi connectivity index (χ3n) is 7.55. The number of carbonyl (C=O) groups excluding carboxylic acids is 2. The van der Waals surface area contributed by atoms with E-state index in [1.807, 2.05) is 0 Å². The molecule has 2 unspecified atom stereocenters. The molecule has 0 spiro atoms. The van der Waals surface area contributed by atoms with Gasteiger partial charge in [0.1, 0.15) is 29.3 Å². The number of amides is 2. The molecule has 40 heavy (non-hydrogen) atoms. The highest BCUT2D eigenvalue weighted by Gasteiger charge is 2.48. The quantitative estimate of drug-likeness (QED) is 0.338. The summed E-state index contributed by atoms with van der Waals surface area (Å²) in [5.74, 6) is 0.852. The molecule has 0 radical (unpaired) electrons. The maximum absolute atomic E-state index is 12.6. The summed E-state index contributed by atoms with van der Waals surface area (Å²) in [5, 5.41) is 24.6. The van der Waals surface area contributed by atoms with E-state index in [2.05, 4.69) is 20.3 Å². The predicted octanol–water partition coefficient (Wildman–Crippen LogP) is 1.41. The van der Waals surface area contributed by atoms with Crippen molar-refractivity contribution in [3.05, 3.63) is 41.4 Å². The Morgan fingerprint density at radius 3 is 2.52 bits per heavy atom. The van der Waals surface area contributed by atoms with E-state index >= 15 is 0 Å². The second-order valence-corrected chi connectivity index (χ2v) is 11.0. The van der Waals surface area contributed by atoms with Crippen LogP contribution in [0.1, 0.15) is 37.7 Å². The summed E-state index contributed by atoms with van der Waals surface area (Å²) in [5.41, 5.74) is 6.87. The van der Waals surface area contributed by atoms with E-state index in [0.717, 1.165) is 25.7 Å². The van der Waals surface area contributed by atoms with Crippen LogP contribution >= 0.6 is 11.6 Å². The van der Waals surface area contributed by atoms with E-state index < -0.39 is 36.5 Å². The summed E-state index contributed by atoms with van der Waals surface area (Å²) < 4.78 is 12.7. The van der Waals surface area contributed by atoms with Gasteiger partial charge in [0.2, 0.25) is 0 Å². The van der Waals surface area contributed by atoms with Gasteiger partial charge in [0.05, 0.1) is 6.33 Å². The van der Waals surface area contributed by atoms with E-state index in [-0.39, 0.29) is 17.8 Å². The molecule has 2 saturated heterocycles. The van der Waals surface area contributed by atoms with Crippen molar-refractivity contribution in [1.82, 2.24) is 29.7 Å². The first-order valence-electron chi connectivity index (χ1n) is 13.3. The zero-order chi connectivity index (χ0) is 28.0. The van der Waals surface area contributed by atoms with Crippen LogP contribution in [0.15, 0.2) is 30.6 Å². The van der Waals surface area contributed by atoms with E-state index in [1.165, 1.54) is 10.9 Å². The van der Waals surface area contributed by atoms with Gasteiger partial charge in [-0.05, 0) is 55.9 Å². The molecule has 2 amide bonds. The average Bonchev–Trinajstić information content (AvgIpc) is 3.57. The predicted molar refractivity (Wildman–Crippen MR) is 142 cm³/mol. The molecule has 1 aromatic carbocycles. The summed E-state index contributed by atoms with van der Waals surface area (Å²) in [6.07, 6.45) is -0.319. The lowest BCUT2D eigenvalue weighted by Crippen LogP contribution is -2.43. The number of nitrogens with two attached hydrogens (primary N) is 1. The number of aliphatic hydroxyl groups is 2. The fraction of sp³-hybridized carbons (Fsp3) is 0.500. The maximum atomic E-state index is 12.6. The number of hydrogen-bond donors (Lipinski definition) is 4. The minimum Gasteiger partial charge on any atom is -0.410 e. The van der Waals surface area contributed by atoms with Crippen LogP contribution in [0.3, 0.4) is 0 Å². The Morgan fingerprint density at radius 1 is 1.10 bits per heavy atom. The average molecular weight is 572 g/mol. The summed E-state index contributed by atoms with van der Waals surface area (Å²) in [7, 11) is 0. The minimum atomic E-state index is -1.41. The van der Waals surface area contributed by atoms with Gasteiger partial charge < -0.3 is 35.6 Å². The molecule has 2 aromatic heterocycles. The number of nitrogen functional groups attached to an aromatic ring is 1. The first-order chi connectivity index (χ1) is 19.3. The molecule has 3 fully saturated rings. The Bertz CT molecular complexity index is 1410. The lowest BCUT2D eigenvalue weighted by molar-refractivity contribution is -0.137. The Labute approximate surface area is 234 Å². The third-order valence-corrected chi connectivity index (χ3v) is 7.80. The van der Waals surface area contributed by atoms with Crippen molar-refractivity contribution in [1.29, 1.82) is 0 Å². The zero-order valence-electron chi connectivity index (χ0n) is 21.5. The van der Waals surface area contributed by atoms with E-state index in [9.17, 15) is 19.8 Å². The van der Waals surface area contributed by atoms with Crippen molar-refractivity contribution in [3.63, 3.8) is 0 Å². The first-order valence-corrected chi connectivity index (χ1v) is 13.7. The van der Waals surface area contributed by atoms with Gasteiger partial charge in [-0.15, -0.1) is 0 Å². The summed E-state index contributed by atoms with van der Waals surface area (Å²) in [4.78, 5) is 40.1. The lowest BCUT2D eigenvalue weighted by Gasteiger charge is -2.31. The second kappa shape index (κ2) is 10.8. The highest BCUT2D eigenvalue weighted by Crippen LogP contribution is 2.33. The van der Waals surface area contributed by atoms with Crippen LogP contribution in [0.4, 0.5) is 10.6 Å². The minimum absolute atomic E-state index is 0.0876. The number of anilines is 1. The van der Waals surface area contributed by atoms with Gasteiger partial charge in [0.15, 0.2) is 23.8 Å². The Balaban J connectivity index is 1.11. The molecule has 4 atom stereocenters. The number of imidazole rings is 1. The van der Waals surface area contributed by atoms with Crippen molar-refractivity contribution in [3.8, 4) is 5.75 Å². The summed E-state index contributed by atoms with van der Waals surface area (Å²) >= 11 is 5.89. The highest BCUT2D eigenvalue weighted by atomic mass is 35.5. The number of likely N-dealkylation sites (tertiary alicyclic amines) is 1. The highest BCUT2D eigenvalue weighted by molar-refractivity contribution is 6.30. The number of nitrogens with zero attached hydrogens (tertiary/aromatic N) is 5. The smallest absolute Gasteiger partial charge is 0.410 e. The van der Waals surface area contributed by atoms with Gasteiger partial charge in [-0.1, -0.05) is 11.6 Å². The van der Waals surface area contributed by atoms with Crippen molar-refractivity contribution in [2.24, 2.45) is 5.92 Å². The van der Waals surface area contributed by atoms with Gasteiger partial charge in [-0.3, -0.25) is 9.36 Å². The van der Waals surface area contributed by atoms with E-state index in [4.69, 9.17) is 26.8 Å². The largest absolute Gasteiger partial charge is 0.415 e. The molecule has 13 nitrogen and oxygen atoms in total. The third kappa shape index (κ3) is 5.42. The fourth-order valence-corrected chi connectivity index (χ4v) is 5.25. The molecule has 4 heterocycles. The molecule has 14 heteroatoms. The van der Waals surface area contributed by atoms with Crippen LogP contribution in [0.25, 0.3) is 11.2 Å². The number of halogens is 1. The molecular formula is C26H30ClN7O6. The normalized spacial score (nSPS) is 25.3. The molecule has 0 bridgehead atoms. The molecule has 6 rings (SSSR count). The van der Waals surface area contributed by atoms with Gasteiger partial charge in [-0.2, -0.15) is 0 Å². The first kappa shape index (κ1) is 26.7. The van der Waals surface area contributed by atoms with Gasteiger partial charge in [-0.25, -0.2) is 19.7 Å². The molecule has 2 aliphatic heterocycles. The van der Waals surface area contributed by atoms with Crippen LogP contribution in [-0.2, 0) is 16.0 Å². The fourth-order valence-electron chi connectivity index (χ4n) is 5.13. The molecule has 212 valence electrons. The molecule has 1 aliphatic carbocycles. The number of aliphatic hydroxyl groups excluding tert-OH is 2. The topological polar surface area (TPSA) is 178 Å². The van der Waals surface area contributed by atoms with Crippen LogP contribution in [-0.4, -0.2) is 84.1 Å². The van der Waals surface area contributed by atoms with E-state index in [1.54, 1.807) is 29.2 Å². The van der Waals surface area contributed by atoms with Crippen molar-refractivity contribution < 1.29 is 29.3 Å². The Kier molecular flexibility index (Phi) is 7.21. The van der Waals surface area contributed by atoms with Gasteiger partial charge >= 0.3 is 6.09 Å². The summed E-state index contributed by atoms with van der Waals surface area (Å²) in [6.45, 7) is 1.05. The lowest BCUT2D eigenvalue weighted by atomic mass is 9.93. The summed E-state index contributed by atoms with van der Waals surface area (Å²) in [6, 6.07) is 6.71. The number of nitrogens with one attached hydrogen (secondary N) is 1. The van der Waals surface area contributed by atoms with Crippen LogP contribution < -0.4 is 15.8 Å². The number of rotatable bonds is 6. The number of carbonyl (C=O) groups is 2. The Morgan fingerprint density at radius 2 is 1.82 bits per heavy atom. The maximum Gasteiger partial charge on any atom is 0.415 e. The monoisotopic (exact) mass is 571 g/mol. The SMILES string of the molecule is Nc1nc(CC2CCN(C(=O)Oc3ccc(Cl)cc3)CC2)nc2c1ncn2[C@@H]1O[C@H](C(=O)NC2CC2)C(O)C1O. The number of fused-ring (bicyclic) bond motifs is 1. The van der Waals surface area contributed by atoms with Crippen molar-refractivity contribution >= 4 is 40.6 Å². The molecular weight excluding hydrogens is 542 g/mol. The molecule has 3 aliphatic rings. The van der Waals surface area contributed by atoms with Gasteiger partial charge in [0, 0.05) is 30.6 Å². The van der Waals surface area contributed by atoms with Crippen molar-refractivity contribution in [2.45, 2.75) is 62.7 Å². The van der Waals surface area contributed by atoms with Crippen molar-refractivity contribution in [2.75, 3.05) is 18.8 Å². The molecule has 1 saturated carbocycles. The number of aromatic nitrogens is 4. The number of hydrogen-bond acceptors (Lipinski definition) is 10. The van der Waals surface area contributed by atoms with Crippen LogP contribution in [0, 0.1) is 5.92 Å². The van der Waals surface area contributed by atoms with Gasteiger partial charge in [0.25, 0.3) is 5.91 Å². The molecule has 3 aromatic rings. The number of benzene rings is 1.